The van der Waals surface area contributed by atoms with Crippen molar-refractivity contribution in [2.24, 2.45) is 18.7 Å². The normalized spacial score (nSPS) is 28.3. The molecule has 0 aliphatic heterocycles. The van der Waals surface area contributed by atoms with Crippen molar-refractivity contribution in [3.8, 4) is 0 Å². The Morgan fingerprint density at radius 1 is 1.67 bits per heavy atom. The molecule has 1 aliphatic carbocycles. The molecule has 0 saturated heterocycles. The Bertz CT molecular complexity index is 426. The van der Waals surface area contributed by atoms with Crippen molar-refractivity contribution in [2.45, 2.75) is 51.0 Å². The molecule has 2 unspecified atom stereocenters. The second kappa shape index (κ2) is 5.22. The van der Waals surface area contributed by atoms with Gasteiger partial charge >= 0.3 is 0 Å². The predicted octanol–water partition coefficient (Wildman–Crippen LogP) is 1.83. The first kappa shape index (κ1) is 13.3. The Morgan fingerprint density at radius 2 is 2.44 bits per heavy atom. The van der Waals surface area contributed by atoms with E-state index in [0.29, 0.717) is 12.3 Å². The SMILES string of the molecule is CC1CCCC(N)(C(=O)CCc2ccnn2C)C1. The van der Waals surface area contributed by atoms with Gasteiger partial charge < -0.3 is 5.73 Å². The minimum atomic E-state index is -0.573. The van der Waals surface area contributed by atoms with Crippen LogP contribution < -0.4 is 5.73 Å². The third kappa shape index (κ3) is 2.80. The van der Waals surface area contributed by atoms with Crippen molar-refractivity contribution in [3.63, 3.8) is 0 Å². The van der Waals surface area contributed by atoms with Crippen molar-refractivity contribution in [1.82, 2.24) is 9.78 Å². The molecule has 0 radical (unpaired) electrons. The lowest BCUT2D eigenvalue weighted by Gasteiger charge is -2.35. The Hall–Kier alpha value is -1.16. The van der Waals surface area contributed by atoms with E-state index in [2.05, 4.69) is 12.0 Å². The summed E-state index contributed by atoms with van der Waals surface area (Å²) < 4.78 is 1.82. The number of nitrogens with zero attached hydrogens (tertiary/aromatic N) is 2. The molecule has 0 bridgehead atoms. The summed E-state index contributed by atoms with van der Waals surface area (Å²) in [5.41, 5.74) is 6.82. The van der Waals surface area contributed by atoms with E-state index in [1.165, 1.54) is 6.42 Å². The van der Waals surface area contributed by atoms with Crippen LogP contribution in [0, 0.1) is 5.92 Å². The maximum Gasteiger partial charge on any atom is 0.153 e. The van der Waals surface area contributed by atoms with E-state index in [1.807, 2.05) is 17.8 Å². The number of aryl methyl sites for hydroxylation is 2. The molecule has 0 spiro atoms. The maximum atomic E-state index is 12.3. The quantitative estimate of drug-likeness (QED) is 0.885. The van der Waals surface area contributed by atoms with E-state index in [9.17, 15) is 4.79 Å². The number of hydrogen-bond donors (Lipinski definition) is 1. The van der Waals surface area contributed by atoms with Crippen LogP contribution in [-0.2, 0) is 18.3 Å². The molecule has 18 heavy (non-hydrogen) atoms. The van der Waals surface area contributed by atoms with Crippen LogP contribution in [0.2, 0.25) is 0 Å². The Labute approximate surface area is 109 Å². The van der Waals surface area contributed by atoms with Crippen molar-refractivity contribution in [3.05, 3.63) is 18.0 Å². The molecule has 1 saturated carbocycles. The molecule has 0 amide bonds. The van der Waals surface area contributed by atoms with E-state index in [-0.39, 0.29) is 5.78 Å². The Kier molecular flexibility index (Phi) is 3.85. The molecule has 0 aromatic carbocycles. The Balaban J connectivity index is 1.93. The zero-order valence-electron chi connectivity index (χ0n) is 11.4. The van der Waals surface area contributed by atoms with Gasteiger partial charge in [0.05, 0.1) is 5.54 Å². The minimum Gasteiger partial charge on any atom is -0.319 e. The average Bonchev–Trinajstić information content (AvgIpc) is 2.71. The van der Waals surface area contributed by atoms with E-state index in [1.54, 1.807) is 6.20 Å². The lowest BCUT2D eigenvalue weighted by atomic mass is 9.74. The highest BCUT2D eigenvalue weighted by molar-refractivity contribution is 5.88. The number of nitrogens with two attached hydrogens (primary N) is 1. The van der Waals surface area contributed by atoms with Gasteiger partial charge in [-0.3, -0.25) is 9.48 Å². The first-order valence-electron chi connectivity index (χ1n) is 6.80. The predicted molar refractivity (Wildman–Crippen MR) is 71.1 cm³/mol. The van der Waals surface area contributed by atoms with Crippen LogP contribution in [0.5, 0.6) is 0 Å². The van der Waals surface area contributed by atoms with Crippen LogP contribution >= 0.6 is 0 Å². The summed E-state index contributed by atoms with van der Waals surface area (Å²) in [5, 5.41) is 4.11. The van der Waals surface area contributed by atoms with Crippen molar-refractivity contribution in [2.75, 3.05) is 0 Å². The highest BCUT2D eigenvalue weighted by atomic mass is 16.1. The summed E-state index contributed by atoms with van der Waals surface area (Å²) in [4.78, 5) is 12.3. The first-order chi connectivity index (χ1) is 8.51. The van der Waals surface area contributed by atoms with Crippen LogP contribution in [0.3, 0.4) is 0 Å². The average molecular weight is 249 g/mol. The molecule has 1 fully saturated rings. The summed E-state index contributed by atoms with van der Waals surface area (Å²) in [5.74, 6) is 0.791. The summed E-state index contributed by atoms with van der Waals surface area (Å²) in [6.07, 6.45) is 7.01. The summed E-state index contributed by atoms with van der Waals surface area (Å²) in [6.45, 7) is 2.19. The van der Waals surface area contributed by atoms with Crippen LogP contribution in [0.25, 0.3) is 0 Å². The molecule has 2 N–H and O–H groups in total. The molecule has 1 aliphatic rings. The fourth-order valence-corrected chi connectivity index (χ4v) is 2.98. The lowest BCUT2D eigenvalue weighted by Crippen LogP contribution is -2.51. The van der Waals surface area contributed by atoms with Gasteiger partial charge in [-0.1, -0.05) is 19.8 Å². The fourth-order valence-electron chi connectivity index (χ4n) is 2.98. The summed E-state index contributed by atoms with van der Waals surface area (Å²) >= 11 is 0. The van der Waals surface area contributed by atoms with E-state index < -0.39 is 5.54 Å². The highest BCUT2D eigenvalue weighted by Crippen LogP contribution is 2.31. The lowest BCUT2D eigenvalue weighted by molar-refractivity contribution is -0.125. The smallest absolute Gasteiger partial charge is 0.153 e. The monoisotopic (exact) mass is 249 g/mol. The molecular weight excluding hydrogens is 226 g/mol. The van der Waals surface area contributed by atoms with E-state index >= 15 is 0 Å². The number of Topliss-reactive ketones (excluding diaryl/α,β-unsaturated/α-hetero) is 1. The second-order valence-electron chi connectivity index (χ2n) is 5.73. The number of ketones is 1. The van der Waals surface area contributed by atoms with Crippen LogP contribution in [-0.4, -0.2) is 21.1 Å². The van der Waals surface area contributed by atoms with Crippen molar-refractivity contribution >= 4 is 5.78 Å². The Morgan fingerprint density at radius 3 is 3.06 bits per heavy atom. The molecule has 1 aromatic rings. The second-order valence-corrected chi connectivity index (χ2v) is 5.73. The number of aromatic nitrogens is 2. The number of carbonyl (C=O) groups is 1. The largest absolute Gasteiger partial charge is 0.319 e. The topological polar surface area (TPSA) is 60.9 Å². The number of carbonyl (C=O) groups excluding carboxylic acids is 1. The molecule has 2 atom stereocenters. The van der Waals surface area contributed by atoms with Gasteiger partial charge in [-0.25, -0.2) is 0 Å². The van der Waals surface area contributed by atoms with E-state index in [0.717, 1.165) is 31.4 Å². The van der Waals surface area contributed by atoms with Crippen molar-refractivity contribution < 1.29 is 4.79 Å². The molecule has 100 valence electrons. The van der Waals surface area contributed by atoms with Gasteiger partial charge in [0.25, 0.3) is 0 Å². The molecule has 1 aromatic heterocycles. The molecule has 1 heterocycles. The van der Waals surface area contributed by atoms with Gasteiger partial charge in [-0.05, 0) is 31.2 Å². The van der Waals surface area contributed by atoms with E-state index in [4.69, 9.17) is 5.73 Å². The fraction of sp³-hybridized carbons (Fsp3) is 0.714. The number of hydrogen-bond acceptors (Lipinski definition) is 3. The van der Waals surface area contributed by atoms with Gasteiger partial charge in [-0.2, -0.15) is 5.10 Å². The van der Waals surface area contributed by atoms with Gasteiger partial charge in [0.2, 0.25) is 0 Å². The minimum absolute atomic E-state index is 0.218. The molecule has 4 nitrogen and oxygen atoms in total. The van der Waals surface area contributed by atoms with Crippen LogP contribution in [0.4, 0.5) is 0 Å². The zero-order valence-corrected chi connectivity index (χ0v) is 11.4. The number of rotatable bonds is 4. The third-order valence-corrected chi connectivity index (χ3v) is 4.12. The highest BCUT2D eigenvalue weighted by Gasteiger charge is 2.37. The first-order valence-corrected chi connectivity index (χ1v) is 6.80. The summed E-state index contributed by atoms with van der Waals surface area (Å²) in [7, 11) is 1.90. The zero-order chi connectivity index (χ0) is 13.2. The maximum absolute atomic E-state index is 12.3. The summed E-state index contributed by atoms with van der Waals surface area (Å²) in [6, 6.07) is 1.96. The molecular formula is C14H23N3O. The molecule has 4 heteroatoms. The van der Waals surface area contributed by atoms with Gasteiger partial charge in [-0.15, -0.1) is 0 Å². The third-order valence-electron chi connectivity index (χ3n) is 4.12. The molecule has 2 rings (SSSR count). The van der Waals surface area contributed by atoms with Gasteiger partial charge in [0, 0.05) is 25.4 Å². The standard InChI is InChI=1S/C14H23N3O/c1-11-4-3-8-14(15,10-11)13(18)6-5-12-7-9-16-17(12)2/h7,9,11H,3-6,8,10,15H2,1-2H3. The van der Waals surface area contributed by atoms with Gasteiger partial charge in [0.1, 0.15) is 0 Å². The van der Waals surface area contributed by atoms with Gasteiger partial charge in [0.15, 0.2) is 5.78 Å². The van der Waals surface area contributed by atoms with Crippen molar-refractivity contribution in [1.29, 1.82) is 0 Å². The van der Waals surface area contributed by atoms with Crippen LogP contribution in [0.15, 0.2) is 12.3 Å². The van der Waals surface area contributed by atoms with Crippen LogP contribution in [0.1, 0.15) is 44.7 Å².